The van der Waals surface area contributed by atoms with Gasteiger partial charge in [-0.1, -0.05) is 60.7 Å². The first kappa shape index (κ1) is 15.0. The molecule has 116 valence electrons. The Balaban J connectivity index is 2.37. The molecule has 0 unspecified atom stereocenters. The third kappa shape index (κ3) is 2.42. The first-order valence-corrected chi connectivity index (χ1v) is 7.50. The molecule has 0 saturated carbocycles. The van der Waals surface area contributed by atoms with E-state index in [0.717, 1.165) is 11.1 Å². The van der Waals surface area contributed by atoms with Gasteiger partial charge in [-0.15, -0.1) is 0 Å². The van der Waals surface area contributed by atoms with Crippen molar-refractivity contribution in [3.8, 4) is 0 Å². The van der Waals surface area contributed by atoms with Crippen LogP contribution in [0.2, 0.25) is 0 Å². The molecule has 2 aromatic carbocycles. The fourth-order valence-corrected chi connectivity index (χ4v) is 2.97. The van der Waals surface area contributed by atoms with Crippen LogP contribution in [0, 0.1) is 0 Å². The lowest BCUT2D eigenvalue weighted by Crippen LogP contribution is -2.46. The highest BCUT2D eigenvalue weighted by molar-refractivity contribution is 5.94. The van der Waals surface area contributed by atoms with Crippen LogP contribution in [0.25, 0.3) is 0 Å². The Labute approximate surface area is 135 Å². The van der Waals surface area contributed by atoms with Crippen molar-refractivity contribution in [3.63, 3.8) is 0 Å². The summed E-state index contributed by atoms with van der Waals surface area (Å²) in [5, 5.41) is 0. The van der Waals surface area contributed by atoms with Crippen molar-refractivity contribution in [2.75, 3.05) is 14.1 Å². The molecule has 4 heteroatoms. The summed E-state index contributed by atoms with van der Waals surface area (Å²) < 4.78 is 0. The van der Waals surface area contributed by atoms with Gasteiger partial charge in [0.15, 0.2) is 5.41 Å². The Morgan fingerprint density at radius 2 is 1.48 bits per heavy atom. The van der Waals surface area contributed by atoms with Crippen LogP contribution in [0.5, 0.6) is 0 Å². The first-order valence-electron chi connectivity index (χ1n) is 7.50. The standard InChI is InChI=1S/C19H19N3O/c1-22(2)18(23)19(17-20-13-14-21-17,15-9-5-3-6-10-15)16-11-7-4-8-12-16/h3-14H,1-2H3,(H,20,21). The van der Waals surface area contributed by atoms with Crippen LogP contribution in [-0.4, -0.2) is 34.9 Å². The van der Waals surface area contributed by atoms with E-state index in [9.17, 15) is 4.79 Å². The van der Waals surface area contributed by atoms with Crippen LogP contribution in [0.3, 0.4) is 0 Å². The van der Waals surface area contributed by atoms with Crippen molar-refractivity contribution in [2.24, 2.45) is 0 Å². The van der Waals surface area contributed by atoms with Crippen molar-refractivity contribution >= 4 is 5.91 Å². The Hall–Kier alpha value is -2.88. The monoisotopic (exact) mass is 305 g/mol. The van der Waals surface area contributed by atoms with Crippen LogP contribution >= 0.6 is 0 Å². The number of imidazole rings is 1. The lowest BCUT2D eigenvalue weighted by Gasteiger charge is -2.34. The molecule has 0 atom stereocenters. The summed E-state index contributed by atoms with van der Waals surface area (Å²) in [6.45, 7) is 0. The van der Waals surface area contributed by atoms with Crippen LogP contribution in [0.4, 0.5) is 0 Å². The average Bonchev–Trinajstić information content (AvgIpc) is 3.12. The lowest BCUT2D eigenvalue weighted by molar-refractivity contribution is -0.132. The molecule has 4 nitrogen and oxygen atoms in total. The maximum absolute atomic E-state index is 13.3. The van der Waals surface area contributed by atoms with Crippen molar-refractivity contribution in [2.45, 2.75) is 5.41 Å². The molecule has 0 aliphatic carbocycles. The predicted molar refractivity (Wildman–Crippen MR) is 90.0 cm³/mol. The highest BCUT2D eigenvalue weighted by Gasteiger charge is 2.46. The minimum Gasteiger partial charge on any atom is -0.347 e. The van der Waals surface area contributed by atoms with Gasteiger partial charge in [0.05, 0.1) is 0 Å². The number of aromatic amines is 1. The molecule has 1 aromatic heterocycles. The van der Waals surface area contributed by atoms with Gasteiger partial charge in [-0.3, -0.25) is 4.79 Å². The second-order valence-electron chi connectivity index (χ2n) is 5.62. The molecule has 23 heavy (non-hydrogen) atoms. The summed E-state index contributed by atoms with van der Waals surface area (Å²) in [5.74, 6) is 0.582. The molecule has 3 aromatic rings. The van der Waals surface area contributed by atoms with Crippen molar-refractivity contribution in [1.29, 1.82) is 0 Å². The van der Waals surface area contributed by atoms with Gasteiger partial charge >= 0.3 is 0 Å². The van der Waals surface area contributed by atoms with E-state index in [0.29, 0.717) is 5.82 Å². The normalized spacial score (nSPS) is 11.2. The van der Waals surface area contributed by atoms with E-state index in [4.69, 9.17) is 0 Å². The van der Waals surface area contributed by atoms with Crippen molar-refractivity contribution < 1.29 is 4.79 Å². The number of likely N-dealkylation sites (N-methyl/N-ethyl adjacent to an activating group) is 1. The van der Waals surface area contributed by atoms with E-state index < -0.39 is 5.41 Å². The van der Waals surface area contributed by atoms with Crippen LogP contribution in [0.1, 0.15) is 17.0 Å². The highest BCUT2D eigenvalue weighted by atomic mass is 16.2. The minimum absolute atomic E-state index is 0.0372. The molecular formula is C19H19N3O. The highest BCUT2D eigenvalue weighted by Crippen LogP contribution is 2.38. The molecule has 0 bridgehead atoms. The van der Waals surface area contributed by atoms with E-state index in [-0.39, 0.29) is 5.91 Å². The Morgan fingerprint density at radius 3 is 1.87 bits per heavy atom. The molecule has 0 spiro atoms. The number of H-pyrrole nitrogens is 1. The topological polar surface area (TPSA) is 49.0 Å². The maximum atomic E-state index is 13.3. The molecule has 3 rings (SSSR count). The van der Waals surface area contributed by atoms with E-state index in [1.54, 1.807) is 31.4 Å². The summed E-state index contributed by atoms with van der Waals surface area (Å²) >= 11 is 0. The molecular weight excluding hydrogens is 286 g/mol. The number of aromatic nitrogens is 2. The average molecular weight is 305 g/mol. The summed E-state index contributed by atoms with van der Waals surface area (Å²) in [6.07, 6.45) is 3.43. The minimum atomic E-state index is -0.991. The zero-order chi connectivity index (χ0) is 16.3. The Bertz CT molecular complexity index is 725. The maximum Gasteiger partial charge on any atom is 0.244 e. The van der Waals surface area contributed by atoms with Crippen molar-refractivity contribution in [1.82, 2.24) is 14.9 Å². The SMILES string of the molecule is CN(C)C(=O)C(c1ccccc1)(c1ccccc1)c1ncc[nH]1. The van der Waals surface area contributed by atoms with Crippen LogP contribution in [0.15, 0.2) is 73.1 Å². The second kappa shape index (κ2) is 6.08. The molecule has 0 aliphatic heterocycles. The van der Waals surface area contributed by atoms with Gasteiger partial charge in [0.25, 0.3) is 0 Å². The smallest absolute Gasteiger partial charge is 0.244 e. The van der Waals surface area contributed by atoms with Gasteiger partial charge < -0.3 is 9.88 Å². The number of hydrogen-bond acceptors (Lipinski definition) is 2. The van der Waals surface area contributed by atoms with E-state index in [2.05, 4.69) is 9.97 Å². The Morgan fingerprint density at radius 1 is 0.957 bits per heavy atom. The van der Waals surface area contributed by atoms with E-state index in [1.807, 2.05) is 60.7 Å². The fourth-order valence-electron chi connectivity index (χ4n) is 2.97. The van der Waals surface area contributed by atoms with Gasteiger partial charge in [0.1, 0.15) is 5.82 Å². The predicted octanol–water partition coefficient (Wildman–Crippen LogP) is 2.83. The number of nitrogens with one attached hydrogen (secondary N) is 1. The second-order valence-corrected chi connectivity index (χ2v) is 5.62. The van der Waals surface area contributed by atoms with Crippen LogP contribution < -0.4 is 0 Å². The molecule has 0 saturated heterocycles. The number of carbonyl (C=O) groups excluding carboxylic acids is 1. The van der Waals surface area contributed by atoms with Gasteiger partial charge in [0, 0.05) is 26.5 Å². The third-order valence-electron chi connectivity index (χ3n) is 3.99. The summed E-state index contributed by atoms with van der Waals surface area (Å²) in [7, 11) is 3.54. The number of benzene rings is 2. The molecule has 1 N–H and O–H groups in total. The van der Waals surface area contributed by atoms with Gasteiger partial charge in [0.2, 0.25) is 5.91 Å². The number of rotatable bonds is 4. The molecule has 0 aliphatic rings. The summed E-state index contributed by atoms with van der Waals surface area (Å²) in [6, 6.07) is 19.5. The number of carbonyl (C=O) groups is 1. The summed E-state index contributed by atoms with van der Waals surface area (Å²) in [5.41, 5.74) is 0.787. The van der Waals surface area contributed by atoms with Crippen LogP contribution in [-0.2, 0) is 10.2 Å². The van der Waals surface area contributed by atoms with E-state index in [1.165, 1.54) is 0 Å². The molecule has 1 heterocycles. The molecule has 0 fully saturated rings. The first-order chi connectivity index (χ1) is 11.2. The zero-order valence-electron chi connectivity index (χ0n) is 13.2. The fraction of sp³-hybridized carbons (Fsp3) is 0.158. The van der Waals surface area contributed by atoms with Crippen molar-refractivity contribution in [3.05, 3.63) is 90.0 Å². The molecule has 1 amide bonds. The van der Waals surface area contributed by atoms with Gasteiger partial charge in [-0.05, 0) is 11.1 Å². The van der Waals surface area contributed by atoms with Gasteiger partial charge in [-0.25, -0.2) is 4.98 Å². The van der Waals surface area contributed by atoms with Gasteiger partial charge in [-0.2, -0.15) is 0 Å². The summed E-state index contributed by atoms with van der Waals surface area (Å²) in [4.78, 5) is 22.5. The number of amides is 1. The zero-order valence-corrected chi connectivity index (χ0v) is 13.2. The largest absolute Gasteiger partial charge is 0.347 e. The number of hydrogen-bond donors (Lipinski definition) is 1. The van der Waals surface area contributed by atoms with E-state index >= 15 is 0 Å². The molecule has 0 radical (unpaired) electrons. The lowest BCUT2D eigenvalue weighted by atomic mass is 9.72. The number of nitrogens with zero attached hydrogens (tertiary/aromatic N) is 2. The Kier molecular flexibility index (Phi) is 3.98. The third-order valence-corrected chi connectivity index (χ3v) is 3.99. The quantitative estimate of drug-likeness (QED) is 0.806.